The number of hydrogen-bond acceptors (Lipinski definition) is 4. The van der Waals surface area contributed by atoms with E-state index in [4.69, 9.17) is 4.74 Å². The molecule has 3 saturated carbocycles. The number of carbonyl (C=O) groups is 1. The molecule has 3 fully saturated rings. The largest absolute Gasteiger partial charge is 0.493 e. The molecular formula is C22H28F3NO4S. The summed E-state index contributed by atoms with van der Waals surface area (Å²) in [5.74, 6) is -1.15. The van der Waals surface area contributed by atoms with E-state index in [2.05, 4.69) is 0 Å². The summed E-state index contributed by atoms with van der Waals surface area (Å²) in [6, 6.07) is 2.56. The van der Waals surface area contributed by atoms with E-state index in [1.807, 2.05) is 4.72 Å². The summed E-state index contributed by atoms with van der Waals surface area (Å²) in [6.45, 7) is -1.00. The lowest BCUT2D eigenvalue weighted by Gasteiger charge is -2.36. The Morgan fingerprint density at radius 1 is 1.06 bits per heavy atom. The Bertz CT molecular complexity index is 930. The number of benzene rings is 1. The lowest BCUT2D eigenvalue weighted by atomic mass is 9.72. The first-order valence-corrected chi connectivity index (χ1v) is 12.5. The molecule has 0 heterocycles. The van der Waals surface area contributed by atoms with Gasteiger partial charge in [0.2, 0.25) is 10.0 Å². The highest BCUT2D eigenvalue weighted by Gasteiger charge is 2.38. The standard InChI is InChI=1S/C22H28F3NO4S/c23-12-22(13-24)7-5-14(6-8-22)11-30-20-10-19(25)18(9-17(20)15-1-2-15)21(27)26-31(28,29)16-3-4-16/h9-10,14-16H,1-8,11-13H2,(H,26,27). The van der Waals surface area contributed by atoms with Crippen LogP contribution >= 0.6 is 0 Å². The highest BCUT2D eigenvalue weighted by Crippen LogP contribution is 2.46. The van der Waals surface area contributed by atoms with Gasteiger partial charge in [-0.05, 0) is 74.8 Å². The predicted molar refractivity (Wildman–Crippen MR) is 110 cm³/mol. The molecule has 9 heteroatoms. The van der Waals surface area contributed by atoms with Gasteiger partial charge in [0.1, 0.15) is 11.6 Å². The average molecular weight is 460 g/mol. The van der Waals surface area contributed by atoms with Crippen LogP contribution in [0.2, 0.25) is 0 Å². The molecule has 3 aliphatic rings. The highest BCUT2D eigenvalue weighted by atomic mass is 32.2. The zero-order valence-electron chi connectivity index (χ0n) is 17.3. The van der Waals surface area contributed by atoms with Crippen LogP contribution in [0.5, 0.6) is 5.75 Å². The molecule has 31 heavy (non-hydrogen) atoms. The van der Waals surface area contributed by atoms with Gasteiger partial charge in [0, 0.05) is 11.5 Å². The van der Waals surface area contributed by atoms with Gasteiger partial charge in [0.25, 0.3) is 5.91 Å². The molecule has 1 aromatic rings. The van der Waals surface area contributed by atoms with Gasteiger partial charge in [-0.15, -0.1) is 0 Å². The lowest BCUT2D eigenvalue weighted by Crippen LogP contribution is -2.34. The summed E-state index contributed by atoms with van der Waals surface area (Å²) in [4.78, 5) is 12.4. The third kappa shape index (κ3) is 5.02. The van der Waals surface area contributed by atoms with Gasteiger partial charge >= 0.3 is 0 Å². The van der Waals surface area contributed by atoms with Crippen LogP contribution in [0.4, 0.5) is 13.2 Å². The van der Waals surface area contributed by atoms with Crippen molar-refractivity contribution in [2.75, 3.05) is 20.0 Å². The second kappa shape index (κ2) is 8.64. The topological polar surface area (TPSA) is 72.5 Å². The zero-order valence-corrected chi connectivity index (χ0v) is 18.2. The minimum absolute atomic E-state index is 0.132. The third-order valence-corrected chi connectivity index (χ3v) is 8.59. The quantitative estimate of drug-likeness (QED) is 0.593. The molecular weight excluding hydrogens is 431 g/mol. The number of sulfonamides is 1. The van der Waals surface area contributed by atoms with E-state index < -0.39 is 45.8 Å². The van der Waals surface area contributed by atoms with Gasteiger partial charge in [-0.25, -0.2) is 17.5 Å². The molecule has 0 aromatic heterocycles. The van der Waals surface area contributed by atoms with Crippen LogP contribution < -0.4 is 9.46 Å². The van der Waals surface area contributed by atoms with Gasteiger partial charge in [-0.3, -0.25) is 13.6 Å². The Morgan fingerprint density at radius 3 is 2.26 bits per heavy atom. The Balaban J connectivity index is 1.44. The van der Waals surface area contributed by atoms with Crippen molar-refractivity contribution < 1.29 is 31.1 Å². The number of nitrogens with one attached hydrogen (secondary N) is 1. The first-order chi connectivity index (χ1) is 14.8. The Kier molecular flexibility index (Phi) is 6.25. The second-order valence-electron chi connectivity index (χ2n) is 9.34. The minimum Gasteiger partial charge on any atom is -0.493 e. The number of carbonyl (C=O) groups excluding carboxylic acids is 1. The Morgan fingerprint density at radius 2 is 1.71 bits per heavy atom. The summed E-state index contributed by atoms with van der Waals surface area (Å²) in [5.41, 5.74) is -0.461. The molecule has 0 bridgehead atoms. The van der Waals surface area contributed by atoms with Crippen molar-refractivity contribution in [2.45, 2.75) is 62.5 Å². The van der Waals surface area contributed by atoms with Gasteiger partial charge < -0.3 is 4.74 Å². The third-order valence-electron chi connectivity index (χ3n) is 6.77. The normalized spacial score (nSPS) is 21.6. The van der Waals surface area contributed by atoms with Crippen molar-refractivity contribution in [2.24, 2.45) is 11.3 Å². The van der Waals surface area contributed by atoms with Crippen molar-refractivity contribution in [1.82, 2.24) is 4.72 Å². The van der Waals surface area contributed by atoms with Gasteiger partial charge in [0.05, 0.1) is 30.8 Å². The fraction of sp³-hybridized carbons (Fsp3) is 0.682. The maximum atomic E-state index is 14.7. The van der Waals surface area contributed by atoms with Crippen molar-refractivity contribution >= 4 is 15.9 Å². The maximum absolute atomic E-state index is 14.7. The summed E-state index contributed by atoms with van der Waals surface area (Å²) < 4.78 is 73.0. The fourth-order valence-corrected chi connectivity index (χ4v) is 5.49. The number of hydrogen-bond donors (Lipinski definition) is 1. The molecule has 0 unspecified atom stereocenters. The molecule has 3 aliphatic carbocycles. The number of halogens is 3. The van der Waals surface area contributed by atoms with Crippen molar-refractivity contribution in [3.8, 4) is 5.75 Å². The molecule has 0 radical (unpaired) electrons. The first-order valence-electron chi connectivity index (χ1n) is 10.9. The smallest absolute Gasteiger partial charge is 0.267 e. The molecule has 0 spiro atoms. The molecule has 5 nitrogen and oxygen atoms in total. The molecule has 1 N–H and O–H groups in total. The van der Waals surface area contributed by atoms with Gasteiger partial charge in [0.15, 0.2) is 0 Å². The van der Waals surface area contributed by atoms with E-state index >= 15 is 0 Å². The minimum atomic E-state index is -3.77. The highest BCUT2D eigenvalue weighted by molar-refractivity contribution is 7.91. The number of ether oxygens (including phenoxy) is 1. The van der Waals surface area contributed by atoms with E-state index in [9.17, 15) is 26.4 Å². The number of alkyl halides is 2. The molecule has 0 aliphatic heterocycles. The molecule has 4 rings (SSSR count). The Labute approximate surface area is 180 Å². The molecule has 0 atom stereocenters. The van der Waals surface area contributed by atoms with Crippen molar-refractivity contribution in [3.05, 3.63) is 29.1 Å². The monoisotopic (exact) mass is 459 g/mol. The first kappa shape index (κ1) is 22.4. The van der Waals surface area contributed by atoms with Gasteiger partial charge in [-0.1, -0.05) is 0 Å². The van der Waals surface area contributed by atoms with Crippen LogP contribution in [0.15, 0.2) is 12.1 Å². The Hall–Kier alpha value is -1.77. The SMILES string of the molecule is O=C(NS(=O)(=O)C1CC1)c1cc(C2CC2)c(OCC2CCC(CF)(CF)CC2)cc1F. The van der Waals surface area contributed by atoms with Crippen molar-refractivity contribution in [3.63, 3.8) is 0 Å². The van der Waals surface area contributed by atoms with E-state index in [1.165, 1.54) is 6.07 Å². The van der Waals surface area contributed by atoms with E-state index in [1.54, 1.807) is 0 Å². The fourth-order valence-electron chi connectivity index (χ4n) is 4.20. The van der Waals surface area contributed by atoms with Crippen LogP contribution in [-0.4, -0.2) is 39.5 Å². The summed E-state index contributed by atoms with van der Waals surface area (Å²) in [7, 11) is -3.77. The molecule has 172 valence electrons. The zero-order chi connectivity index (χ0) is 22.2. The maximum Gasteiger partial charge on any atom is 0.267 e. The summed E-state index contributed by atoms with van der Waals surface area (Å²) in [6.07, 6.45) is 5.02. The predicted octanol–water partition coefficient (Wildman–Crippen LogP) is 4.42. The molecule has 1 aromatic carbocycles. The second-order valence-corrected chi connectivity index (χ2v) is 11.3. The van der Waals surface area contributed by atoms with Crippen molar-refractivity contribution in [1.29, 1.82) is 0 Å². The number of amides is 1. The molecule has 0 saturated heterocycles. The van der Waals surface area contributed by atoms with Crippen LogP contribution in [0.3, 0.4) is 0 Å². The van der Waals surface area contributed by atoms with Crippen LogP contribution in [0.1, 0.15) is 73.2 Å². The van der Waals surface area contributed by atoms with Crippen LogP contribution in [-0.2, 0) is 10.0 Å². The summed E-state index contributed by atoms with van der Waals surface area (Å²) >= 11 is 0. The van der Waals surface area contributed by atoms with E-state index in [0.29, 0.717) is 56.4 Å². The number of rotatable bonds is 9. The van der Waals surface area contributed by atoms with Crippen LogP contribution in [0, 0.1) is 17.2 Å². The lowest BCUT2D eigenvalue weighted by molar-refractivity contribution is 0.0639. The van der Waals surface area contributed by atoms with Crippen LogP contribution in [0.25, 0.3) is 0 Å². The van der Waals surface area contributed by atoms with E-state index in [-0.39, 0.29) is 17.4 Å². The van der Waals surface area contributed by atoms with Gasteiger partial charge in [-0.2, -0.15) is 0 Å². The average Bonchev–Trinajstić information content (AvgIpc) is 3.64. The molecule has 1 amide bonds. The summed E-state index contributed by atoms with van der Waals surface area (Å²) in [5, 5.41) is -0.575. The van der Waals surface area contributed by atoms with E-state index in [0.717, 1.165) is 18.9 Å².